The molecule has 4 rings (SSSR count). The van der Waals surface area contributed by atoms with Crippen LogP contribution < -0.4 is 14.5 Å². The van der Waals surface area contributed by atoms with E-state index in [1.165, 1.54) is 22.8 Å². The Labute approximate surface area is 178 Å². The summed E-state index contributed by atoms with van der Waals surface area (Å²) < 4.78 is 26.0. The van der Waals surface area contributed by atoms with Gasteiger partial charge < -0.3 is 10.2 Å². The Morgan fingerprint density at radius 2 is 1.47 bits per heavy atom. The molecule has 2 heterocycles. The average Bonchev–Trinajstić information content (AvgIpc) is 3.28. The second-order valence-corrected chi connectivity index (χ2v) is 10.1. The van der Waals surface area contributed by atoms with Gasteiger partial charge in [-0.15, -0.1) is 0 Å². The van der Waals surface area contributed by atoms with Gasteiger partial charge in [-0.25, -0.2) is 8.42 Å². The predicted molar refractivity (Wildman–Crippen MR) is 121 cm³/mol. The summed E-state index contributed by atoms with van der Waals surface area (Å²) in [6.07, 6.45) is 4.05. The molecule has 1 atom stereocenters. The van der Waals surface area contributed by atoms with Gasteiger partial charge in [0.05, 0.1) is 17.5 Å². The fraction of sp³-hybridized carbons (Fsp3) is 0.435. The number of carbonyl (C=O) groups is 1. The zero-order valence-corrected chi connectivity index (χ0v) is 18.2. The third-order valence-corrected chi connectivity index (χ3v) is 7.85. The van der Waals surface area contributed by atoms with Gasteiger partial charge in [0.2, 0.25) is 10.0 Å². The number of carbonyl (C=O) groups excluding carboxylic acids is 1. The average molecular weight is 428 g/mol. The topological polar surface area (TPSA) is 69.7 Å². The lowest BCUT2D eigenvalue weighted by atomic mass is 10.1. The van der Waals surface area contributed by atoms with Crippen LogP contribution in [0.5, 0.6) is 0 Å². The summed E-state index contributed by atoms with van der Waals surface area (Å²) >= 11 is 0. The Morgan fingerprint density at radius 1 is 0.867 bits per heavy atom. The first-order valence-electron chi connectivity index (χ1n) is 10.7. The third-order valence-electron chi connectivity index (χ3n) is 5.98. The molecule has 1 N–H and O–H groups in total. The van der Waals surface area contributed by atoms with Crippen LogP contribution in [0.25, 0.3) is 0 Å². The minimum absolute atomic E-state index is 0.118. The van der Waals surface area contributed by atoms with Crippen molar-refractivity contribution in [2.75, 3.05) is 34.6 Å². The first-order valence-corrected chi connectivity index (χ1v) is 12.3. The monoisotopic (exact) mass is 427 g/mol. The Bertz CT molecular complexity index is 981. The summed E-state index contributed by atoms with van der Waals surface area (Å²) in [5.74, 6) is 0.0164. The molecule has 0 aromatic heterocycles. The van der Waals surface area contributed by atoms with E-state index in [1.54, 1.807) is 24.3 Å². The fourth-order valence-electron chi connectivity index (χ4n) is 4.17. The third kappa shape index (κ3) is 4.46. The smallest absolute Gasteiger partial charge is 0.251 e. The van der Waals surface area contributed by atoms with Gasteiger partial charge in [0.15, 0.2) is 0 Å². The number of anilines is 2. The molecule has 2 aliphatic heterocycles. The van der Waals surface area contributed by atoms with Crippen LogP contribution in [-0.2, 0) is 10.0 Å². The first kappa shape index (κ1) is 20.7. The second kappa shape index (κ2) is 8.68. The molecule has 0 saturated carbocycles. The van der Waals surface area contributed by atoms with Gasteiger partial charge in [0.1, 0.15) is 0 Å². The van der Waals surface area contributed by atoms with Crippen molar-refractivity contribution in [3.05, 3.63) is 59.7 Å². The molecule has 160 valence electrons. The molecule has 6 nitrogen and oxygen atoms in total. The predicted octanol–water partition coefficient (Wildman–Crippen LogP) is 3.71. The molecule has 0 unspecified atom stereocenters. The van der Waals surface area contributed by atoms with E-state index < -0.39 is 10.0 Å². The zero-order chi connectivity index (χ0) is 21.1. The van der Waals surface area contributed by atoms with E-state index in [2.05, 4.69) is 34.5 Å². The molecule has 1 amide bonds. The van der Waals surface area contributed by atoms with Crippen LogP contribution in [0.4, 0.5) is 11.4 Å². The molecule has 2 aromatic rings. The summed E-state index contributed by atoms with van der Waals surface area (Å²) in [7, 11) is -3.25. The molecule has 0 radical (unpaired) electrons. The number of rotatable bonds is 5. The van der Waals surface area contributed by atoms with E-state index in [0.29, 0.717) is 24.2 Å². The minimum atomic E-state index is -3.25. The molecular formula is C23H29N3O3S. The number of sulfonamides is 1. The SMILES string of the molecule is C[C@H](NC(=O)c1ccc(N2CCCCS2(=O)=O)cc1)c1ccc(N2CCCC2)cc1. The summed E-state index contributed by atoms with van der Waals surface area (Å²) in [5, 5.41) is 3.03. The van der Waals surface area contributed by atoms with Crippen molar-refractivity contribution in [3.63, 3.8) is 0 Å². The standard InChI is InChI=1S/C23H29N3O3S/c1-18(19-6-10-21(11-7-19)25-14-2-3-15-25)24-23(27)20-8-12-22(13-9-20)26-16-4-5-17-30(26,28)29/h6-13,18H,2-5,14-17H2,1H3,(H,24,27)/t18-/m0/s1. The minimum Gasteiger partial charge on any atom is -0.372 e. The maximum atomic E-state index is 12.7. The largest absolute Gasteiger partial charge is 0.372 e. The molecule has 30 heavy (non-hydrogen) atoms. The quantitative estimate of drug-likeness (QED) is 0.790. The lowest BCUT2D eigenvalue weighted by molar-refractivity contribution is 0.0940. The molecule has 2 aliphatic rings. The molecule has 0 aliphatic carbocycles. The van der Waals surface area contributed by atoms with E-state index in [9.17, 15) is 13.2 Å². The van der Waals surface area contributed by atoms with Crippen LogP contribution in [0.3, 0.4) is 0 Å². The number of nitrogens with one attached hydrogen (secondary N) is 1. The van der Waals surface area contributed by atoms with Crippen LogP contribution in [0.15, 0.2) is 48.5 Å². The van der Waals surface area contributed by atoms with E-state index in [4.69, 9.17) is 0 Å². The summed E-state index contributed by atoms with van der Waals surface area (Å²) in [6, 6.07) is 15.1. The van der Waals surface area contributed by atoms with Crippen molar-refractivity contribution >= 4 is 27.3 Å². The van der Waals surface area contributed by atoms with Crippen molar-refractivity contribution < 1.29 is 13.2 Å². The van der Waals surface area contributed by atoms with Crippen molar-refractivity contribution in [3.8, 4) is 0 Å². The van der Waals surface area contributed by atoms with Crippen LogP contribution >= 0.6 is 0 Å². The number of hydrogen-bond acceptors (Lipinski definition) is 4. The van der Waals surface area contributed by atoms with Crippen molar-refractivity contribution in [1.82, 2.24) is 5.32 Å². The molecule has 2 fully saturated rings. The van der Waals surface area contributed by atoms with Crippen LogP contribution in [0.2, 0.25) is 0 Å². The lowest BCUT2D eigenvalue weighted by Crippen LogP contribution is -2.37. The molecule has 7 heteroatoms. The van der Waals surface area contributed by atoms with Crippen molar-refractivity contribution in [2.45, 2.75) is 38.6 Å². The zero-order valence-electron chi connectivity index (χ0n) is 17.4. The summed E-state index contributed by atoms with van der Waals surface area (Å²) in [4.78, 5) is 15.1. The van der Waals surface area contributed by atoms with Gasteiger partial charge in [-0.05, 0) is 74.6 Å². The van der Waals surface area contributed by atoms with Crippen molar-refractivity contribution in [2.24, 2.45) is 0 Å². The summed E-state index contributed by atoms with van der Waals surface area (Å²) in [6.45, 7) is 4.69. The van der Waals surface area contributed by atoms with E-state index in [-0.39, 0.29) is 17.7 Å². The highest BCUT2D eigenvalue weighted by Crippen LogP contribution is 2.25. The summed E-state index contributed by atoms with van der Waals surface area (Å²) in [5.41, 5.74) is 3.44. The first-order chi connectivity index (χ1) is 14.4. The molecule has 2 aromatic carbocycles. The maximum Gasteiger partial charge on any atom is 0.251 e. The van der Waals surface area contributed by atoms with Gasteiger partial charge in [-0.1, -0.05) is 12.1 Å². The van der Waals surface area contributed by atoms with Crippen LogP contribution in [0.1, 0.15) is 54.6 Å². The van der Waals surface area contributed by atoms with Gasteiger partial charge >= 0.3 is 0 Å². The Morgan fingerprint density at radius 3 is 2.10 bits per heavy atom. The van der Waals surface area contributed by atoms with Gasteiger partial charge in [-0.3, -0.25) is 9.10 Å². The molecule has 0 bridgehead atoms. The Balaban J connectivity index is 1.39. The Hall–Kier alpha value is -2.54. The number of hydrogen-bond donors (Lipinski definition) is 1. The molecular weight excluding hydrogens is 398 g/mol. The maximum absolute atomic E-state index is 12.7. The van der Waals surface area contributed by atoms with Gasteiger partial charge in [0.25, 0.3) is 5.91 Å². The number of amides is 1. The molecule has 0 spiro atoms. The van der Waals surface area contributed by atoms with E-state index >= 15 is 0 Å². The second-order valence-electron chi connectivity index (χ2n) is 8.12. The fourth-order valence-corrected chi connectivity index (χ4v) is 5.81. The highest BCUT2D eigenvalue weighted by molar-refractivity contribution is 7.92. The number of benzene rings is 2. The van der Waals surface area contributed by atoms with Crippen LogP contribution in [-0.4, -0.2) is 39.7 Å². The van der Waals surface area contributed by atoms with Gasteiger partial charge in [0, 0.05) is 30.9 Å². The molecule has 2 saturated heterocycles. The van der Waals surface area contributed by atoms with E-state index in [0.717, 1.165) is 25.1 Å². The van der Waals surface area contributed by atoms with Crippen molar-refractivity contribution in [1.29, 1.82) is 0 Å². The Kier molecular flexibility index (Phi) is 5.99. The number of nitrogens with zero attached hydrogens (tertiary/aromatic N) is 2. The highest BCUT2D eigenvalue weighted by Gasteiger charge is 2.26. The lowest BCUT2D eigenvalue weighted by Gasteiger charge is -2.28. The highest BCUT2D eigenvalue weighted by atomic mass is 32.2. The van der Waals surface area contributed by atoms with Gasteiger partial charge in [-0.2, -0.15) is 0 Å². The van der Waals surface area contributed by atoms with E-state index in [1.807, 2.05) is 6.92 Å². The normalized spacial score (nSPS) is 19.5. The van der Waals surface area contributed by atoms with Crippen LogP contribution in [0, 0.1) is 0 Å².